The number of aromatic nitrogens is 1. The molecule has 0 N–H and O–H groups in total. The molecule has 138 valence electrons. The van der Waals surface area contributed by atoms with Crippen molar-refractivity contribution in [3.63, 3.8) is 0 Å². The Hall–Kier alpha value is -2.21. The van der Waals surface area contributed by atoms with Gasteiger partial charge < -0.3 is 9.64 Å². The van der Waals surface area contributed by atoms with Crippen molar-refractivity contribution >= 4 is 23.2 Å². The first-order valence-electron chi connectivity index (χ1n) is 8.98. The van der Waals surface area contributed by atoms with Crippen LogP contribution < -0.4 is 0 Å². The largest absolute Gasteiger partial charge is 0.451 e. The Labute approximate surface area is 158 Å². The maximum Gasteiger partial charge on any atom is 0.351 e. The Kier molecular flexibility index (Phi) is 5.71. The molecule has 26 heavy (non-hydrogen) atoms. The molecule has 0 saturated carbocycles. The number of rotatable bonds is 4. The quantitative estimate of drug-likeness (QED) is 0.759. The van der Waals surface area contributed by atoms with E-state index in [-0.39, 0.29) is 24.6 Å². The van der Waals surface area contributed by atoms with Crippen molar-refractivity contribution in [1.29, 1.82) is 0 Å². The van der Waals surface area contributed by atoms with Crippen LogP contribution >= 0.6 is 11.3 Å². The summed E-state index contributed by atoms with van der Waals surface area (Å²) in [5, 5.41) is 0.792. The summed E-state index contributed by atoms with van der Waals surface area (Å²) in [5.74, 6) is -0.610. The van der Waals surface area contributed by atoms with Crippen LogP contribution in [0, 0.1) is 6.92 Å². The van der Waals surface area contributed by atoms with Crippen LogP contribution in [0.3, 0.4) is 0 Å². The van der Waals surface area contributed by atoms with Crippen LogP contribution in [0.2, 0.25) is 0 Å². The average molecular weight is 372 g/mol. The standard InChI is InChI=1S/C20H24N2O3S/c1-13-8-7-9-14(2)22(13)17(23)12-25-20(24)19-18(21-15(3)26-19)16-10-5-4-6-11-16/h4-6,10-11,13-14H,7-9,12H2,1-3H3/t13-,14-/m0/s1. The number of piperidine rings is 1. The van der Waals surface area contributed by atoms with Gasteiger partial charge in [0, 0.05) is 17.6 Å². The molecule has 0 unspecified atom stereocenters. The Morgan fingerprint density at radius 3 is 2.50 bits per heavy atom. The van der Waals surface area contributed by atoms with Crippen molar-refractivity contribution in [3.8, 4) is 11.3 Å². The van der Waals surface area contributed by atoms with Gasteiger partial charge in [-0.2, -0.15) is 0 Å². The molecule has 3 rings (SSSR count). The molecule has 1 saturated heterocycles. The zero-order valence-corrected chi connectivity index (χ0v) is 16.2. The number of esters is 1. The van der Waals surface area contributed by atoms with Crippen LogP contribution in [0.1, 0.15) is 47.8 Å². The fourth-order valence-corrected chi connectivity index (χ4v) is 4.37. The molecule has 1 fully saturated rings. The fourth-order valence-electron chi connectivity index (χ4n) is 3.54. The van der Waals surface area contributed by atoms with E-state index in [0.717, 1.165) is 29.8 Å². The van der Waals surface area contributed by atoms with Gasteiger partial charge >= 0.3 is 5.97 Å². The molecule has 2 aromatic rings. The van der Waals surface area contributed by atoms with E-state index < -0.39 is 5.97 Å². The summed E-state index contributed by atoms with van der Waals surface area (Å²) in [6, 6.07) is 9.93. The number of benzene rings is 1. The van der Waals surface area contributed by atoms with Gasteiger partial charge in [0.05, 0.1) is 10.7 Å². The molecule has 1 amide bonds. The first-order chi connectivity index (χ1) is 12.5. The van der Waals surface area contributed by atoms with Crippen molar-refractivity contribution in [2.75, 3.05) is 6.61 Å². The number of carbonyl (C=O) groups excluding carboxylic acids is 2. The molecular weight excluding hydrogens is 348 g/mol. The lowest BCUT2D eigenvalue weighted by molar-refractivity contribution is -0.140. The minimum Gasteiger partial charge on any atom is -0.451 e. The Bertz CT molecular complexity index is 778. The predicted molar refractivity (Wildman–Crippen MR) is 102 cm³/mol. The third-order valence-electron chi connectivity index (χ3n) is 4.77. The second-order valence-electron chi connectivity index (χ2n) is 6.78. The number of aryl methyl sites for hydroxylation is 1. The van der Waals surface area contributed by atoms with Crippen molar-refractivity contribution in [2.24, 2.45) is 0 Å². The van der Waals surface area contributed by atoms with Gasteiger partial charge in [-0.3, -0.25) is 4.79 Å². The van der Waals surface area contributed by atoms with E-state index in [1.54, 1.807) is 0 Å². The van der Waals surface area contributed by atoms with E-state index in [9.17, 15) is 9.59 Å². The van der Waals surface area contributed by atoms with E-state index >= 15 is 0 Å². The summed E-state index contributed by atoms with van der Waals surface area (Å²) in [5.41, 5.74) is 1.48. The maximum atomic E-state index is 12.6. The molecule has 5 nitrogen and oxygen atoms in total. The van der Waals surface area contributed by atoms with E-state index in [1.807, 2.05) is 42.2 Å². The molecule has 1 aromatic heterocycles. The third-order valence-corrected chi connectivity index (χ3v) is 5.73. The fraction of sp³-hybridized carbons (Fsp3) is 0.450. The van der Waals surface area contributed by atoms with Gasteiger partial charge in [0.2, 0.25) is 0 Å². The second kappa shape index (κ2) is 7.99. The van der Waals surface area contributed by atoms with E-state index in [0.29, 0.717) is 10.6 Å². The normalized spacial score (nSPS) is 20.0. The molecular formula is C20H24N2O3S. The first kappa shape index (κ1) is 18.6. The Balaban J connectivity index is 1.70. The number of amides is 1. The number of ether oxygens (including phenoxy) is 1. The van der Waals surface area contributed by atoms with Gasteiger partial charge in [-0.05, 0) is 40.0 Å². The summed E-state index contributed by atoms with van der Waals surface area (Å²) >= 11 is 1.30. The third kappa shape index (κ3) is 3.96. The number of hydrogen-bond donors (Lipinski definition) is 0. The highest BCUT2D eigenvalue weighted by Crippen LogP contribution is 2.29. The molecule has 1 aliphatic rings. The van der Waals surface area contributed by atoms with Gasteiger partial charge in [0.25, 0.3) is 5.91 Å². The van der Waals surface area contributed by atoms with Crippen molar-refractivity contribution in [2.45, 2.75) is 52.1 Å². The molecule has 6 heteroatoms. The maximum absolute atomic E-state index is 12.6. The summed E-state index contributed by atoms with van der Waals surface area (Å²) in [6.45, 7) is 5.74. The van der Waals surface area contributed by atoms with Gasteiger partial charge in [0.15, 0.2) is 6.61 Å². The Morgan fingerprint density at radius 2 is 1.85 bits per heavy atom. The van der Waals surface area contributed by atoms with Crippen LogP contribution in [0.4, 0.5) is 0 Å². The highest BCUT2D eigenvalue weighted by Gasteiger charge is 2.30. The van der Waals surface area contributed by atoms with Crippen LogP contribution in [0.5, 0.6) is 0 Å². The molecule has 0 aliphatic carbocycles. The number of carbonyl (C=O) groups is 2. The SMILES string of the molecule is Cc1nc(-c2ccccc2)c(C(=O)OCC(=O)N2[C@@H](C)CCC[C@@H]2C)s1. The van der Waals surface area contributed by atoms with Crippen LogP contribution in [0.15, 0.2) is 30.3 Å². The number of hydrogen-bond acceptors (Lipinski definition) is 5. The molecule has 0 radical (unpaired) electrons. The predicted octanol–water partition coefficient (Wildman–Crippen LogP) is 4.06. The molecule has 2 atom stereocenters. The summed E-state index contributed by atoms with van der Waals surface area (Å²) in [7, 11) is 0. The smallest absolute Gasteiger partial charge is 0.351 e. The minimum atomic E-state index is -0.486. The van der Waals surface area contributed by atoms with E-state index in [1.165, 1.54) is 11.3 Å². The van der Waals surface area contributed by atoms with Crippen LogP contribution in [0.25, 0.3) is 11.3 Å². The average Bonchev–Trinajstić information content (AvgIpc) is 3.02. The topological polar surface area (TPSA) is 59.5 Å². The molecule has 1 aliphatic heterocycles. The van der Waals surface area contributed by atoms with Gasteiger partial charge in [-0.15, -0.1) is 11.3 Å². The number of nitrogens with zero attached hydrogens (tertiary/aromatic N) is 2. The summed E-state index contributed by atoms with van der Waals surface area (Å²) in [4.78, 5) is 31.9. The first-order valence-corrected chi connectivity index (χ1v) is 9.80. The number of thiazole rings is 1. The van der Waals surface area contributed by atoms with Gasteiger partial charge in [-0.1, -0.05) is 30.3 Å². The minimum absolute atomic E-state index is 0.124. The van der Waals surface area contributed by atoms with Crippen molar-refractivity contribution in [1.82, 2.24) is 9.88 Å². The lowest BCUT2D eigenvalue weighted by atomic mass is 9.97. The van der Waals surface area contributed by atoms with E-state index in [2.05, 4.69) is 18.8 Å². The van der Waals surface area contributed by atoms with Crippen molar-refractivity contribution in [3.05, 3.63) is 40.2 Å². The van der Waals surface area contributed by atoms with Gasteiger partial charge in [-0.25, -0.2) is 9.78 Å². The van der Waals surface area contributed by atoms with Crippen LogP contribution in [-0.2, 0) is 9.53 Å². The lowest BCUT2D eigenvalue weighted by Gasteiger charge is -2.38. The second-order valence-corrected chi connectivity index (χ2v) is 7.99. The summed E-state index contributed by atoms with van der Waals surface area (Å²) < 4.78 is 5.36. The highest BCUT2D eigenvalue weighted by atomic mass is 32.1. The molecule has 0 spiro atoms. The molecule has 0 bridgehead atoms. The zero-order valence-electron chi connectivity index (χ0n) is 15.4. The molecule has 1 aromatic carbocycles. The lowest BCUT2D eigenvalue weighted by Crippen LogP contribution is -2.49. The van der Waals surface area contributed by atoms with Crippen molar-refractivity contribution < 1.29 is 14.3 Å². The summed E-state index contributed by atoms with van der Waals surface area (Å²) in [6.07, 6.45) is 3.12. The van der Waals surface area contributed by atoms with Gasteiger partial charge in [0.1, 0.15) is 4.88 Å². The number of likely N-dealkylation sites (tertiary alicyclic amines) is 1. The Morgan fingerprint density at radius 1 is 1.19 bits per heavy atom. The molecule has 2 heterocycles. The monoisotopic (exact) mass is 372 g/mol. The highest BCUT2D eigenvalue weighted by molar-refractivity contribution is 7.14. The van der Waals surface area contributed by atoms with Crippen LogP contribution in [-0.4, -0.2) is 40.5 Å². The van der Waals surface area contributed by atoms with E-state index in [4.69, 9.17) is 4.74 Å². The zero-order chi connectivity index (χ0) is 18.7.